The van der Waals surface area contributed by atoms with E-state index in [0.717, 1.165) is 28.9 Å². The molecule has 30 heavy (non-hydrogen) atoms. The van der Waals surface area contributed by atoms with Crippen LogP contribution in [-0.4, -0.2) is 12.9 Å². The van der Waals surface area contributed by atoms with Crippen molar-refractivity contribution in [1.82, 2.24) is 0 Å². The van der Waals surface area contributed by atoms with Gasteiger partial charge in [-0.25, -0.2) is 4.39 Å². The van der Waals surface area contributed by atoms with Crippen LogP contribution in [0, 0.1) is 5.82 Å². The van der Waals surface area contributed by atoms with Crippen molar-refractivity contribution in [3.8, 4) is 11.5 Å². The number of carbonyl (C=O) groups is 1. The van der Waals surface area contributed by atoms with Gasteiger partial charge >= 0.3 is 0 Å². The van der Waals surface area contributed by atoms with Gasteiger partial charge < -0.3 is 9.47 Å². The monoisotopic (exact) mass is 402 g/mol. The molecule has 0 saturated carbocycles. The third-order valence-corrected chi connectivity index (χ3v) is 4.58. The van der Waals surface area contributed by atoms with Crippen molar-refractivity contribution in [3.63, 3.8) is 0 Å². The molecule has 0 aromatic heterocycles. The summed E-state index contributed by atoms with van der Waals surface area (Å²) in [6.07, 6.45) is 5.76. The van der Waals surface area contributed by atoms with Crippen molar-refractivity contribution < 1.29 is 18.7 Å². The quantitative estimate of drug-likeness (QED) is 0.249. The van der Waals surface area contributed by atoms with Crippen molar-refractivity contribution in [2.24, 2.45) is 0 Å². The number of carbonyl (C=O) groups excluding carboxylic acids is 1. The molecule has 0 aliphatic rings. The predicted octanol–water partition coefficient (Wildman–Crippen LogP) is 6.04. The van der Waals surface area contributed by atoms with Gasteiger partial charge in [-0.3, -0.25) is 4.79 Å². The second-order valence-electron chi connectivity index (χ2n) is 6.66. The van der Waals surface area contributed by atoms with Crippen LogP contribution in [0.3, 0.4) is 0 Å². The lowest BCUT2D eigenvalue weighted by atomic mass is 10.1. The summed E-state index contributed by atoms with van der Waals surface area (Å²) in [5, 5.41) is 0. The number of ketones is 1. The molecule has 0 atom stereocenters. The summed E-state index contributed by atoms with van der Waals surface area (Å²) in [5.74, 6) is 0.942. The van der Waals surface area contributed by atoms with E-state index in [2.05, 4.69) is 6.58 Å². The summed E-state index contributed by atoms with van der Waals surface area (Å²) in [5.41, 5.74) is 3.20. The number of methoxy groups -OCH3 is 1. The van der Waals surface area contributed by atoms with E-state index in [1.54, 1.807) is 13.2 Å². The van der Waals surface area contributed by atoms with Crippen LogP contribution in [0.15, 0.2) is 85.5 Å². The van der Waals surface area contributed by atoms with Crippen LogP contribution in [-0.2, 0) is 13.0 Å². The Morgan fingerprint density at radius 3 is 2.50 bits per heavy atom. The SMILES string of the molecule is C=CCc1ccccc1OCc1cc(/C=C/C(=O)c2ccc(F)cc2)ccc1OC. The van der Waals surface area contributed by atoms with E-state index in [9.17, 15) is 9.18 Å². The van der Waals surface area contributed by atoms with Crippen LogP contribution in [0.4, 0.5) is 4.39 Å². The Morgan fingerprint density at radius 1 is 1.00 bits per heavy atom. The second-order valence-corrected chi connectivity index (χ2v) is 6.66. The number of rotatable bonds is 9. The molecule has 0 aliphatic carbocycles. The maximum atomic E-state index is 13.0. The van der Waals surface area contributed by atoms with Gasteiger partial charge in [0.2, 0.25) is 0 Å². The minimum Gasteiger partial charge on any atom is -0.496 e. The average Bonchev–Trinajstić information content (AvgIpc) is 2.77. The van der Waals surface area contributed by atoms with Gasteiger partial charge in [-0.1, -0.05) is 36.4 Å². The highest BCUT2D eigenvalue weighted by Crippen LogP contribution is 2.25. The van der Waals surface area contributed by atoms with Crippen LogP contribution in [0.2, 0.25) is 0 Å². The van der Waals surface area contributed by atoms with Crippen LogP contribution < -0.4 is 9.47 Å². The Balaban J connectivity index is 1.76. The Morgan fingerprint density at radius 2 is 1.77 bits per heavy atom. The minimum absolute atomic E-state index is 0.193. The lowest BCUT2D eigenvalue weighted by Gasteiger charge is -2.13. The van der Waals surface area contributed by atoms with Crippen molar-refractivity contribution in [3.05, 3.63) is 114 Å². The molecule has 0 N–H and O–H groups in total. The van der Waals surface area contributed by atoms with Gasteiger partial charge in [0.05, 0.1) is 7.11 Å². The van der Waals surface area contributed by atoms with E-state index in [1.807, 2.05) is 48.5 Å². The molecule has 0 bridgehead atoms. The van der Waals surface area contributed by atoms with E-state index in [1.165, 1.54) is 30.3 Å². The number of para-hydroxylation sites is 1. The molecule has 3 nitrogen and oxygen atoms in total. The Bertz CT molecular complexity index is 1050. The largest absolute Gasteiger partial charge is 0.496 e. The Labute approximate surface area is 176 Å². The van der Waals surface area contributed by atoms with Crippen molar-refractivity contribution in [2.75, 3.05) is 7.11 Å². The van der Waals surface area contributed by atoms with Gasteiger partial charge in [0.1, 0.15) is 23.9 Å². The highest BCUT2D eigenvalue weighted by Gasteiger charge is 2.08. The fourth-order valence-electron chi connectivity index (χ4n) is 3.02. The van der Waals surface area contributed by atoms with Gasteiger partial charge in [0, 0.05) is 11.1 Å². The first-order valence-corrected chi connectivity index (χ1v) is 9.57. The summed E-state index contributed by atoms with van der Waals surface area (Å²) in [7, 11) is 1.61. The first-order chi connectivity index (χ1) is 14.6. The first kappa shape index (κ1) is 21.1. The molecular weight excluding hydrogens is 379 g/mol. The van der Waals surface area contributed by atoms with E-state index in [-0.39, 0.29) is 11.6 Å². The van der Waals surface area contributed by atoms with Crippen LogP contribution in [0.5, 0.6) is 11.5 Å². The summed E-state index contributed by atoms with van der Waals surface area (Å²) in [4.78, 5) is 12.3. The first-order valence-electron chi connectivity index (χ1n) is 9.57. The lowest BCUT2D eigenvalue weighted by Crippen LogP contribution is -2.01. The molecule has 0 unspecified atom stereocenters. The van der Waals surface area contributed by atoms with E-state index < -0.39 is 0 Å². The number of hydrogen-bond donors (Lipinski definition) is 0. The average molecular weight is 402 g/mol. The smallest absolute Gasteiger partial charge is 0.185 e. The highest BCUT2D eigenvalue weighted by atomic mass is 19.1. The third kappa shape index (κ3) is 5.45. The Kier molecular flexibility index (Phi) is 7.17. The number of halogens is 1. The molecule has 3 aromatic rings. The van der Waals surface area contributed by atoms with E-state index >= 15 is 0 Å². The molecule has 0 heterocycles. The molecule has 3 rings (SSSR count). The molecule has 0 spiro atoms. The minimum atomic E-state index is -0.370. The number of hydrogen-bond acceptors (Lipinski definition) is 3. The van der Waals surface area contributed by atoms with Crippen molar-refractivity contribution >= 4 is 11.9 Å². The molecule has 0 radical (unpaired) electrons. The number of benzene rings is 3. The van der Waals surface area contributed by atoms with Gasteiger partial charge in [-0.2, -0.15) is 0 Å². The Hall–Kier alpha value is -3.66. The van der Waals surface area contributed by atoms with Crippen molar-refractivity contribution in [1.29, 1.82) is 0 Å². The second kappa shape index (κ2) is 10.2. The predicted molar refractivity (Wildman–Crippen MR) is 117 cm³/mol. The molecule has 152 valence electrons. The van der Waals surface area contributed by atoms with Crippen molar-refractivity contribution in [2.45, 2.75) is 13.0 Å². The molecule has 0 fully saturated rings. The zero-order valence-corrected chi connectivity index (χ0v) is 16.8. The zero-order valence-electron chi connectivity index (χ0n) is 16.8. The summed E-state index contributed by atoms with van der Waals surface area (Å²) >= 11 is 0. The maximum absolute atomic E-state index is 13.0. The number of allylic oxidation sites excluding steroid dienone is 2. The molecule has 3 aromatic carbocycles. The normalized spacial score (nSPS) is 10.7. The summed E-state index contributed by atoms with van der Waals surface area (Å²) in [6, 6.07) is 18.9. The zero-order chi connectivity index (χ0) is 21.3. The molecule has 0 amide bonds. The van der Waals surface area contributed by atoms with Crippen LogP contribution >= 0.6 is 0 Å². The lowest BCUT2D eigenvalue weighted by molar-refractivity contribution is 0.104. The standard InChI is InChI=1S/C26H23FO3/c1-3-6-21-7-4-5-8-26(21)30-18-22-17-19(10-16-25(22)29-2)9-15-24(28)20-11-13-23(27)14-12-20/h3-5,7-17H,1,6,18H2,2H3/b15-9+. The van der Waals surface area contributed by atoms with E-state index in [0.29, 0.717) is 17.9 Å². The van der Waals surface area contributed by atoms with Gasteiger partial charge in [-0.05, 0) is 66.1 Å². The fraction of sp³-hybridized carbons (Fsp3) is 0.115. The van der Waals surface area contributed by atoms with E-state index in [4.69, 9.17) is 9.47 Å². The van der Waals surface area contributed by atoms with Crippen LogP contribution in [0.25, 0.3) is 6.08 Å². The van der Waals surface area contributed by atoms with Gasteiger partial charge in [0.15, 0.2) is 5.78 Å². The maximum Gasteiger partial charge on any atom is 0.185 e. The summed E-state index contributed by atoms with van der Waals surface area (Å²) in [6.45, 7) is 4.11. The molecular formula is C26H23FO3. The van der Waals surface area contributed by atoms with Crippen LogP contribution in [0.1, 0.15) is 27.0 Å². The highest BCUT2D eigenvalue weighted by molar-refractivity contribution is 6.06. The van der Waals surface area contributed by atoms with Gasteiger partial charge in [0.25, 0.3) is 0 Å². The molecule has 0 aliphatic heterocycles. The topological polar surface area (TPSA) is 35.5 Å². The molecule has 4 heteroatoms. The molecule has 0 saturated heterocycles. The summed E-state index contributed by atoms with van der Waals surface area (Å²) < 4.78 is 24.5. The fourth-order valence-corrected chi connectivity index (χ4v) is 3.02. The third-order valence-electron chi connectivity index (χ3n) is 4.58. The van der Waals surface area contributed by atoms with Gasteiger partial charge in [-0.15, -0.1) is 6.58 Å². The number of ether oxygens (including phenoxy) is 2.